The van der Waals surface area contributed by atoms with E-state index in [2.05, 4.69) is 5.32 Å². The summed E-state index contributed by atoms with van der Waals surface area (Å²) in [4.78, 5) is 11.7. The molecule has 4 heteroatoms. The molecule has 1 aromatic carbocycles. The van der Waals surface area contributed by atoms with Gasteiger partial charge >= 0.3 is 0 Å². The summed E-state index contributed by atoms with van der Waals surface area (Å²) < 4.78 is 0. The predicted octanol–water partition coefficient (Wildman–Crippen LogP) is 2.55. The zero-order valence-corrected chi connectivity index (χ0v) is 11.6. The van der Waals surface area contributed by atoms with Crippen LogP contribution in [0.5, 0.6) is 0 Å². The SMILES string of the molecule is CCCC(C)(O)CNC(=O)Cc1cccc(Cl)c1. The standard InChI is InChI=1S/C14H20ClNO2/c1-3-7-14(2,18)10-16-13(17)9-11-5-4-6-12(15)8-11/h4-6,8,18H,3,7,9-10H2,1-2H3,(H,16,17). The molecule has 0 aliphatic carbocycles. The van der Waals surface area contributed by atoms with Gasteiger partial charge in [0.1, 0.15) is 0 Å². The molecule has 0 saturated carbocycles. The molecule has 2 N–H and O–H groups in total. The summed E-state index contributed by atoms with van der Waals surface area (Å²) >= 11 is 5.85. The lowest BCUT2D eigenvalue weighted by Crippen LogP contribution is -2.41. The smallest absolute Gasteiger partial charge is 0.224 e. The minimum Gasteiger partial charge on any atom is -0.388 e. The first-order chi connectivity index (χ1) is 8.43. The monoisotopic (exact) mass is 269 g/mol. The van der Waals surface area contributed by atoms with E-state index in [-0.39, 0.29) is 18.9 Å². The number of amides is 1. The van der Waals surface area contributed by atoms with Gasteiger partial charge in [-0.3, -0.25) is 4.79 Å². The molecule has 100 valence electrons. The van der Waals surface area contributed by atoms with Crippen LogP contribution in [-0.4, -0.2) is 23.2 Å². The third kappa shape index (κ3) is 5.52. The topological polar surface area (TPSA) is 49.3 Å². The predicted molar refractivity (Wildman–Crippen MR) is 73.7 cm³/mol. The zero-order chi connectivity index (χ0) is 13.6. The molecule has 1 aromatic rings. The molecule has 1 amide bonds. The average molecular weight is 270 g/mol. The van der Waals surface area contributed by atoms with Crippen LogP contribution in [0.3, 0.4) is 0 Å². The van der Waals surface area contributed by atoms with E-state index in [0.29, 0.717) is 11.4 Å². The van der Waals surface area contributed by atoms with Gasteiger partial charge in [-0.25, -0.2) is 0 Å². The number of aliphatic hydroxyl groups is 1. The lowest BCUT2D eigenvalue weighted by Gasteiger charge is -2.22. The van der Waals surface area contributed by atoms with Gasteiger partial charge in [0, 0.05) is 11.6 Å². The van der Waals surface area contributed by atoms with Gasteiger partial charge in [0.25, 0.3) is 0 Å². The Morgan fingerprint density at radius 1 is 1.50 bits per heavy atom. The van der Waals surface area contributed by atoms with E-state index in [1.54, 1.807) is 19.1 Å². The van der Waals surface area contributed by atoms with Crippen LogP contribution < -0.4 is 5.32 Å². The molecule has 0 aliphatic rings. The number of nitrogens with one attached hydrogen (secondary N) is 1. The van der Waals surface area contributed by atoms with Crippen LogP contribution in [0, 0.1) is 0 Å². The van der Waals surface area contributed by atoms with Crippen LogP contribution >= 0.6 is 11.6 Å². The lowest BCUT2D eigenvalue weighted by atomic mass is 10.0. The Hall–Kier alpha value is -1.06. The van der Waals surface area contributed by atoms with Crippen molar-refractivity contribution in [2.45, 2.75) is 38.7 Å². The van der Waals surface area contributed by atoms with Crippen molar-refractivity contribution >= 4 is 17.5 Å². The van der Waals surface area contributed by atoms with Gasteiger partial charge in [-0.2, -0.15) is 0 Å². The largest absolute Gasteiger partial charge is 0.388 e. The molecule has 0 aliphatic heterocycles. The van der Waals surface area contributed by atoms with E-state index >= 15 is 0 Å². The molecular weight excluding hydrogens is 250 g/mol. The maximum Gasteiger partial charge on any atom is 0.224 e. The molecule has 18 heavy (non-hydrogen) atoms. The molecule has 1 atom stereocenters. The molecular formula is C14H20ClNO2. The minimum atomic E-state index is -0.835. The highest BCUT2D eigenvalue weighted by atomic mass is 35.5. The molecule has 0 bridgehead atoms. The van der Waals surface area contributed by atoms with E-state index < -0.39 is 5.60 Å². The second-order valence-corrected chi connectivity index (χ2v) is 5.27. The van der Waals surface area contributed by atoms with Crippen LogP contribution in [0.15, 0.2) is 24.3 Å². The van der Waals surface area contributed by atoms with Crippen molar-refractivity contribution in [3.8, 4) is 0 Å². The van der Waals surface area contributed by atoms with Gasteiger partial charge in [-0.15, -0.1) is 0 Å². The van der Waals surface area contributed by atoms with Crippen LogP contribution in [-0.2, 0) is 11.2 Å². The van der Waals surface area contributed by atoms with Crippen LogP contribution in [0.1, 0.15) is 32.3 Å². The van der Waals surface area contributed by atoms with Crippen molar-refractivity contribution in [3.05, 3.63) is 34.9 Å². The summed E-state index contributed by atoms with van der Waals surface area (Å²) in [5.74, 6) is -0.103. The van der Waals surface area contributed by atoms with E-state index in [9.17, 15) is 9.90 Å². The maximum atomic E-state index is 11.7. The highest BCUT2D eigenvalue weighted by molar-refractivity contribution is 6.30. The number of benzene rings is 1. The Labute approximate surface area is 113 Å². The number of carbonyl (C=O) groups is 1. The van der Waals surface area contributed by atoms with Gasteiger partial charge in [-0.1, -0.05) is 37.1 Å². The van der Waals surface area contributed by atoms with Crippen LogP contribution in [0.4, 0.5) is 0 Å². The van der Waals surface area contributed by atoms with Gasteiger partial charge in [0.2, 0.25) is 5.91 Å². The van der Waals surface area contributed by atoms with E-state index in [0.717, 1.165) is 12.0 Å². The lowest BCUT2D eigenvalue weighted by molar-refractivity contribution is -0.121. The Kier molecular flexibility index (Phi) is 5.63. The highest BCUT2D eigenvalue weighted by Crippen LogP contribution is 2.12. The average Bonchev–Trinajstić information content (AvgIpc) is 2.26. The fourth-order valence-electron chi connectivity index (χ4n) is 1.81. The summed E-state index contributed by atoms with van der Waals surface area (Å²) in [6, 6.07) is 7.22. The fourth-order valence-corrected chi connectivity index (χ4v) is 2.02. The number of halogens is 1. The zero-order valence-electron chi connectivity index (χ0n) is 10.9. The number of rotatable bonds is 6. The Morgan fingerprint density at radius 3 is 2.83 bits per heavy atom. The maximum absolute atomic E-state index is 11.7. The molecule has 0 radical (unpaired) electrons. The van der Waals surface area contributed by atoms with Crippen molar-refractivity contribution < 1.29 is 9.90 Å². The van der Waals surface area contributed by atoms with Crippen molar-refractivity contribution in [1.29, 1.82) is 0 Å². The molecule has 0 fully saturated rings. The first-order valence-corrected chi connectivity index (χ1v) is 6.54. The summed E-state index contributed by atoms with van der Waals surface area (Å²) in [5.41, 5.74) is 0.0359. The summed E-state index contributed by atoms with van der Waals surface area (Å²) in [6.07, 6.45) is 1.84. The first kappa shape index (κ1) is 15.0. The van der Waals surface area contributed by atoms with Crippen molar-refractivity contribution in [2.75, 3.05) is 6.54 Å². The second kappa shape index (κ2) is 6.76. The first-order valence-electron chi connectivity index (χ1n) is 6.16. The highest BCUT2D eigenvalue weighted by Gasteiger charge is 2.19. The van der Waals surface area contributed by atoms with Gasteiger partial charge in [0.05, 0.1) is 12.0 Å². The Balaban J connectivity index is 2.43. The van der Waals surface area contributed by atoms with Gasteiger partial charge in [-0.05, 0) is 31.0 Å². The van der Waals surface area contributed by atoms with Crippen LogP contribution in [0.2, 0.25) is 5.02 Å². The molecule has 0 aromatic heterocycles. The molecule has 0 heterocycles. The van der Waals surface area contributed by atoms with Crippen LogP contribution in [0.25, 0.3) is 0 Å². The van der Waals surface area contributed by atoms with E-state index in [1.165, 1.54) is 0 Å². The third-order valence-electron chi connectivity index (χ3n) is 2.71. The minimum absolute atomic E-state index is 0.103. The summed E-state index contributed by atoms with van der Waals surface area (Å²) in [5, 5.41) is 13.3. The second-order valence-electron chi connectivity index (χ2n) is 4.83. The molecule has 0 spiro atoms. The molecule has 1 rings (SSSR count). The quantitative estimate of drug-likeness (QED) is 0.834. The number of hydrogen-bond acceptors (Lipinski definition) is 2. The molecule has 3 nitrogen and oxygen atoms in total. The third-order valence-corrected chi connectivity index (χ3v) is 2.94. The Bertz CT molecular complexity index is 405. The van der Waals surface area contributed by atoms with E-state index in [1.807, 2.05) is 19.1 Å². The van der Waals surface area contributed by atoms with Crippen molar-refractivity contribution in [3.63, 3.8) is 0 Å². The fraction of sp³-hybridized carbons (Fsp3) is 0.500. The van der Waals surface area contributed by atoms with Crippen molar-refractivity contribution in [1.82, 2.24) is 5.32 Å². The van der Waals surface area contributed by atoms with Gasteiger partial charge < -0.3 is 10.4 Å². The summed E-state index contributed by atoms with van der Waals surface area (Å²) in [7, 11) is 0. The number of hydrogen-bond donors (Lipinski definition) is 2. The van der Waals surface area contributed by atoms with Crippen molar-refractivity contribution in [2.24, 2.45) is 0 Å². The van der Waals surface area contributed by atoms with Gasteiger partial charge in [0.15, 0.2) is 0 Å². The van der Waals surface area contributed by atoms with E-state index in [4.69, 9.17) is 11.6 Å². The molecule has 1 unspecified atom stereocenters. The normalized spacial score (nSPS) is 14.0. The summed E-state index contributed by atoms with van der Waals surface area (Å²) in [6.45, 7) is 4.01. The number of carbonyl (C=O) groups excluding carboxylic acids is 1. The Morgan fingerprint density at radius 2 is 2.22 bits per heavy atom. The molecule has 0 saturated heterocycles.